The first-order chi connectivity index (χ1) is 10.2. The van der Waals surface area contributed by atoms with Gasteiger partial charge >= 0.3 is 0 Å². The topological polar surface area (TPSA) is 71.5 Å². The molecule has 1 aromatic rings. The van der Waals surface area contributed by atoms with Gasteiger partial charge in [0.2, 0.25) is 10.0 Å². The standard InChI is InChI=1S/C14H19N3O3S/c18-21(19,17-7-9-20-10-8-17)13-5-6-14(15-11-13)16-12-3-1-2-4-12/h1-2,5-6,11-12H,3-4,7-10H2,(H,15,16). The van der Waals surface area contributed by atoms with Crippen molar-refractivity contribution in [1.29, 1.82) is 0 Å². The second kappa shape index (κ2) is 6.13. The Morgan fingerprint density at radius 3 is 2.52 bits per heavy atom. The summed E-state index contributed by atoms with van der Waals surface area (Å²) in [5.41, 5.74) is 0. The summed E-state index contributed by atoms with van der Waals surface area (Å²) in [6, 6.07) is 3.70. The molecule has 1 fully saturated rings. The number of nitrogens with zero attached hydrogens (tertiary/aromatic N) is 2. The molecule has 1 saturated heterocycles. The molecule has 2 aliphatic rings. The molecule has 0 amide bonds. The number of hydrogen-bond donors (Lipinski definition) is 1. The molecule has 0 saturated carbocycles. The Kier molecular flexibility index (Phi) is 4.23. The molecule has 1 aromatic heterocycles. The van der Waals surface area contributed by atoms with Gasteiger partial charge in [-0.25, -0.2) is 13.4 Å². The van der Waals surface area contributed by atoms with Crippen molar-refractivity contribution in [3.05, 3.63) is 30.5 Å². The van der Waals surface area contributed by atoms with E-state index in [1.165, 1.54) is 10.5 Å². The van der Waals surface area contributed by atoms with E-state index >= 15 is 0 Å². The van der Waals surface area contributed by atoms with Crippen molar-refractivity contribution >= 4 is 15.8 Å². The third-order valence-electron chi connectivity index (χ3n) is 3.70. The molecular formula is C14H19N3O3S. The SMILES string of the molecule is O=S(=O)(c1ccc(NC2CC=CC2)nc1)N1CCOCC1. The second-order valence-corrected chi connectivity index (χ2v) is 7.12. The maximum atomic E-state index is 12.4. The van der Waals surface area contributed by atoms with E-state index in [9.17, 15) is 8.42 Å². The molecule has 1 aliphatic carbocycles. The predicted molar refractivity (Wildman–Crippen MR) is 79.6 cm³/mol. The van der Waals surface area contributed by atoms with Crippen molar-refractivity contribution in [2.45, 2.75) is 23.8 Å². The first-order valence-corrected chi connectivity index (χ1v) is 8.56. The van der Waals surface area contributed by atoms with Crippen LogP contribution >= 0.6 is 0 Å². The molecule has 0 aromatic carbocycles. The molecule has 2 heterocycles. The summed E-state index contributed by atoms with van der Waals surface area (Å²) >= 11 is 0. The van der Waals surface area contributed by atoms with Gasteiger partial charge in [0, 0.05) is 25.3 Å². The van der Waals surface area contributed by atoms with Crippen molar-refractivity contribution < 1.29 is 13.2 Å². The Morgan fingerprint density at radius 1 is 1.19 bits per heavy atom. The predicted octanol–water partition coefficient (Wildman–Crippen LogP) is 1.23. The normalized spacial score (nSPS) is 20.8. The Morgan fingerprint density at radius 2 is 1.90 bits per heavy atom. The van der Waals surface area contributed by atoms with Gasteiger partial charge < -0.3 is 10.1 Å². The molecule has 0 bridgehead atoms. The van der Waals surface area contributed by atoms with Gasteiger partial charge in [-0.3, -0.25) is 0 Å². The number of nitrogens with one attached hydrogen (secondary N) is 1. The Hall–Kier alpha value is -1.44. The molecule has 0 radical (unpaired) electrons. The highest BCUT2D eigenvalue weighted by atomic mass is 32.2. The van der Waals surface area contributed by atoms with Gasteiger partial charge in [0.15, 0.2) is 0 Å². The smallest absolute Gasteiger partial charge is 0.244 e. The minimum Gasteiger partial charge on any atom is -0.379 e. The van der Waals surface area contributed by atoms with Crippen LogP contribution in [0.25, 0.3) is 0 Å². The number of ether oxygens (including phenoxy) is 1. The largest absolute Gasteiger partial charge is 0.379 e. The van der Waals surface area contributed by atoms with Gasteiger partial charge in [0.1, 0.15) is 10.7 Å². The highest BCUT2D eigenvalue weighted by molar-refractivity contribution is 7.89. The number of pyridine rings is 1. The van der Waals surface area contributed by atoms with Crippen LogP contribution in [0.15, 0.2) is 35.4 Å². The highest BCUT2D eigenvalue weighted by Crippen LogP contribution is 2.19. The zero-order chi connectivity index (χ0) is 14.7. The van der Waals surface area contributed by atoms with Crippen molar-refractivity contribution in [2.75, 3.05) is 31.6 Å². The number of rotatable bonds is 4. The fraction of sp³-hybridized carbons (Fsp3) is 0.500. The third-order valence-corrected chi connectivity index (χ3v) is 5.59. The lowest BCUT2D eigenvalue weighted by molar-refractivity contribution is 0.0730. The summed E-state index contributed by atoms with van der Waals surface area (Å²) in [5.74, 6) is 0.713. The van der Waals surface area contributed by atoms with Gasteiger partial charge in [-0.05, 0) is 25.0 Å². The van der Waals surface area contributed by atoms with E-state index in [0.717, 1.165) is 12.8 Å². The molecule has 6 nitrogen and oxygen atoms in total. The van der Waals surface area contributed by atoms with Crippen LogP contribution in [-0.2, 0) is 14.8 Å². The van der Waals surface area contributed by atoms with Crippen LogP contribution in [0.5, 0.6) is 0 Å². The van der Waals surface area contributed by atoms with Crippen LogP contribution < -0.4 is 5.32 Å². The Bertz CT molecular complexity index is 599. The molecule has 21 heavy (non-hydrogen) atoms. The van der Waals surface area contributed by atoms with E-state index in [2.05, 4.69) is 22.5 Å². The summed E-state index contributed by atoms with van der Waals surface area (Å²) in [6.07, 6.45) is 7.66. The first-order valence-electron chi connectivity index (χ1n) is 7.12. The molecule has 0 unspecified atom stereocenters. The van der Waals surface area contributed by atoms with E-state index in [-0.39, 0.29) is 4.90 Å². The summed E-state index contributed by atoms with van der Waals surface area (Å²) in [4.78, 5) is 4.46. The molecule has 114 valence electrons. The number of hydrogen-bond acceptors (Lipinski definition) is 5. The van der Waals surface area contributed by atoms with Crippen molar-refractivity contribution in [1.82, 2.24) is 9.29 Å². The molecule has 1 N–H and O–H groups in total. The molecular weight excluding hydrogens is 290 g/mol. The van der Waals surface area contributed by atoms with Crippen LogP contribution in [-0.4, -0.2) is 50.1 Å². The molecule has 7 heteroatoms. The average molecular weight is 309 g/mol. The van der Waals surface area contributed by atoms with E-state index < -0.39 is 10.0 Å². The van der Waals surface area contributed by atoms with Gasteiger partial charge in [-0.2, -0.15) is 4.31 Å². The van der Waals surface area contributed by atoms with Crippen LogP contribution in [0.2, 0.25) is 0 Å². The van der Waals surface area contributed by atoms with Crippen LogP contribution in [0, 0.1) is 0 Å². The quantitative estimate of drug-likeness (QED) is 0.847. The van der Waals surface area contributed by atoms with Gasteiger partial charge in [-0.1, -0.05) is 12.2 Å². The maximum Gasteiger partial charge on any atom is 0.244 e. The van der Waals surface area contributed by atoms with Crippen LogP contribution in [0.3, 0.4) is 0 Å². The number of anilines is 1. The fourth-order valence-electron chi connectivity index (χ4n) is 2.50. The molecule has 3 rings (SSSR count). The molecule has 0 atom stereocenters. The zero-order valence-corrected chi connectivity index (χ0v) is 12.6. The maximum absolute atomic E-state index is 12.4. The number of morpholine rings is 1. The summed E-state index contributed by atoms with van der Waals surface area (Å²) in [6.45, 7) is 1.69. The molecule has 0 spiro atoms. The fourth-order valence-corrected chi connectivity index (χ4v) is 3.85. The lowest BCUT2D eigenvalue weighted by Gasteiger charge is -2.26. The first kappa shape index (κ1) is 14.5. The number of aromatic nitrogens is 1. The van der Waals surface area contributed by atoms with Gasteiger partial charge in [-0.15, -0.1) is 0 Å². The van der Waals surface area contributed by atoms with Crippen molar-refractivity contribution in [3.63, 3.8) is 0 Å². The van der Waals surface area contributed by atoms with Crippen LogP contribution in [0.1, 0.15) is 12.8 Å². The van der Waals surface area contributed by atoms with Crippen LogP contribution in [0.4, 0.5) is 5.82 Å². The van der Waals surface area contributed by atoms with Crippen molar-refractivity contribution in [2.24, 2.45) is 0 Å². The lowest BCUT2D eigenvalue weighted by Crippen LogP contribution is -2.40. The minimum absolute atomic E-state index is 0.236. The van der Waals surface area contributed by atoms with E-state index in [1.807, 2.05) is 0 Å². The lowest BCUT2D eigenvalue weighted by atomic mass is 10.2. The minimum atomic E-state index is -3.46. The summed E-state index contributed by atoms with van der Waals surface area (Å²) < 4.78 is 31.5. The van der Waals surface area contributed by atoms with E-state index in [4.69, 9.17) is 4.74 Å². The Balaban J connectivity index is 1.70. The summed E-state index contributed by atoms with van der Waals surface area (Å²) in [5, 5.41) is 3.30. The van der Waals surface area contributed by atoms with Crippen molar-refractivity contribution in [3.8, 4) is 0 Å². The monoisotopic (exact) mass is 309 g/mol. The number of sulfonamides is 1. The average Bonchev–Trinajstić information content (AvgIpc) is 3.02. The van der Waals surface area contributed by atoms with Gasteiger partial charge in [0.25, 0.3) is 0 Å². The second-order valence-electron chi connectivity index (χ2n) is 5.18. The molecule has 1 aliphatic heterocycles. The van der Waals surface area contributed by atoms with E-state index in [0.29, 0.717) is 38.2 Å². The summed E-state index contributed by atoms with van der Waals surface area (Å²) in [7, 11) is -3.46. The van der Waals surface area contributed by atoms with Gasteiger partial charge in [0.05, 0.1) is 13.2 Å². The Labute approximate surface area is 124 Å². The third kappa shape index (κ3) is 3.25. The zero-order valence-electron chi connectivity index (χ0n) is 11.7. The highest BCUT2D eigenvalue weighted by Gasteiger charge is 2.26. The van der Waals surface area contributed by atoms with E-state index in [1.54, 1.807) is 12.1 Å².